The second-order valence-electron chi connectivity index (χ2n) is 4.05. The molecule has 2 N–H and O–H groups in total. The van der Waals surface area contributed by atoms with E-state index in [0.29, 0.717) is 18.6 Å². The molecule has 1 aliphatic rings. The summed E-state index contributed by atoms with van der Waals surface area (Å²) in [6.07, 6.45) is -4.41. The lowest BCUT2D eigenvalue weighted by Gasteiger charge is -2.18. The molecule has 1 atom stereocenters. The first-order valence-electron chi connectivity index (χ1n) is 5.24. The smallest absolute Gasteiger partial charge is 0.320 e. The van der Waals surface area contributed by atoms with Crippen molar-refractivity contribution in [2.75, 3.05) is 11.4 Å². The molecule has 0 saturated carbocycles. The summed E-state index contributed by atoms with van der Waals surface area (Å²) in [7, 11) is 0. The number of alkyl halides is 3. The number of carbonyl (C=O) groups excluding carboxylic acids is 1. The second-order valence-corrected chi connectivity index (χ2v) is 4.05. The number of hydrogen-bond donors (Lipinski definition) is 1. The molecular formula is C11H10F4N2O. The van der Waals surface area contributed by atoms with Gasteiger partial charge in [0.15, 0.2) is 0 Å². The highest BCUT2D eigenvalue weighted by molar-refractivity contribution is 5.99. The Balaban J connectivity index is 2.39. The van der Waals surface area contributed by atoms with Crippen molar-refractivity contribution in [3.8, 4) is 0 Å². The summed E-state index contributed by atoms with van der Waals surface area (Å²) >= 11 is 0. The lowest BCUT2D eigenvalue weighted by molar-refractivity contribution is -0.140. The van der Waals surface area contributed by atoms with Crippen molar-refractivity contribution in [2.45, 2.75) is 18.6 Å². The maximum Gasteiger partial charge on any atom is 0.419 e. The third-order valence-electron chi connectivity index (χ3n) is 2.81. The fraction of sp³-hybridized carbons (Fsp3) is 0.364. The number of carbonyl (C=O) groups is 1. The summed E-state index contributed by atoms with van der Waals surface area (Å²) < 4.78 is 50.6. The van der Waals surface area contributed by atoms with Crippen LogP contribution < -0.4 is 10.6 Å². The predicted molar refractivity (Wildman–Crippen MR) is 56.3 cm³/mol. The first-order chi connectivity index (χ1) is 8.30. The number of amides is 1. The van der Waals surface area contributed by atoms with Gasteiger partial charge >= 0.3 is 6.18 Å². The summed E-state index contributed by atoms with van der Waals surface area (Å²) in [5, 5.41) is 0. The minimum absolute atomic E-state index is 0.0154. The van der Waals surface area contributed by atoms with Crippen LogP contribution in [0.5, 0.6) is 0 Å². The van der Waals surface area contributed by atoms with Gasteiger partial charge in [0.1, 0.15) is 5.82 Å². The van der Waals surface area contributed by atoms with Gasteiger partial charge in [-0.25, -0.2) is 4.39 Å². The minimum Gasteiger partial charge on any atom is -0.320 e. The molecule has 0 spiro atoms. The number of halogens is 4. The van der Waals surface area contributed by atoms with E-state index in [9.17, 15) is 22.4 Å². The van der Waals surface area contributed by atoms with E-state index in [4.69, 9.17) is 5.73 Å². The second kappa shape index (κ2) is 4.24. The maximum atomic E-state index is 13.1. The Kier molecular flexibility index (Phi) is 3.02. The van der Waals surface area contributed by atoms with Gasteiger partial charge in [-0.1, -0.05) is 0 Å². The molecule has 98 valence electrons. The third kappa shape index (κ3) is 2.17. The zero-order chi connectivity index (χ0) is 13.5. The van der Waals surface area contributed by atoms with Gasteiger partial charge in [0.25, 0.3) is 0 Å². The lowest BCUT2D eigenvalue weighted by Crippen LogP contribution is -2.34. The van der Waals surface area contributed by atoms with E-state index in [0.717, 1.165) is 11.0 Å². The molecule has 1 heterocycles. The molecule has 1 amide bonds. The van der Waals surface area contributed by atoms with Crippen molar-refractivity contribution in [2.24, 2.45) is 5.73 Å². The van der Waals surface area contributed by atoms with E-state index in [1.54, 1.807) is 0 Å². The van der Waals surface area contributed by atoms with Crippen LogP contribution in [-0.2, 0) is 11.0 Å². The Morgan fingerprint density at radius 1 is 1.33 bits per heavy atom. The van der Waals surface area contributed by atoms with Crippen LogP contribution in [0, 0.1) is 5.82 Å². The van der Waals surface area contributed by atoms with Crippen LogP contribution in [0.25, 0.3) is 0 Å². The predicted octanol–water partition coefficient (Wildman–Crippen LogP) is 1.91. The topological polar surface area (TPSA) is 46.3 Å². The molecule has 18 heavy (non-hydrogen) atoms. The monoisotopic (exact) mass is 262 g/mol. The van der Waals surface area contributed by atoms with Crippen LogP contribution in [0.2, 0.25) is 0 Å². The van der Waals surface area contributed by atoms with Gasteiger partial charge in [-0.2, -0.15) is 13.2 Å². The van der Waals surface area contributed by atoms with E-state index >= 15 is 0 Å². The normalized spacial score (nSPS) is 20.6. The number of nitrogens with two attached hydrogens (primary N) is 1. The Labute approximate surface area is 100 Å². The maximum absolute atomic E-state index is 13.1. The minimum atomic E-state index is -4.79. The summed E-state index contributed by atoms with van der Waals surface area (Å²) in [6, 6.07) is 1.77. The van der Waals surface area contributed by atoms with Crippen LogP contribution >= 0.6 is 0 Å². The van der Waals surface area contributed by atoms with E-state index in [-0.39, 0.29) is 12.2 Å². The van der Waals surface area contributed by atoms with Gasteiger partial charge in [0.05, 0.1) is 11.6 Å². The Bertz CT molecular complexity index is 486. The SMILES string of the molecule is NC1CCN(c2ccc(F)c(C(F)(F)F)c2)C1=O. The first-order valence-corrected chi connectivity index (χ1v) is 5.24. The highest BCUT2D eigenvalue weighted by Gasteiger charge is 2.36. The van der Waals surface area contributed by atoms with Crippen molar-refractivity contribution in [1.82, 2.24) is 0 Å². The highest BCUT2D eigenvalue weighted by atomic mass is 19.4. The molecule has 0 aliphatic carbocycles. The van der Waals surface area contributed by atoms with Crippen LogP contribution in [0.4, 0.5) is 23.2 Å². The van der Waals surface area contributed by atoms with Crippen molar-refractivity contribution < 1.29 is 22.4 Å². The van der Waals surface area contributed by atoms with Crippen LogP contribution in [0.3, 0.4) is 0 Å². The molecule has 0 radical (unpaired) electrons. The van der Waals surface area contributed by atoms with Crippen molar-refractivity contribution in [1.29, 1.82) is 0 Å². The van der Waals surface area contributed by atoms with Gasteiger partial charge in [0, 0.05) is 12.2 Å². The van der Waals surface area contributed by atoms with Gasteiger partial charge in [-0.15, -0.1) is 0 Å². The van der Waals surface area contributed by atoms with Gasteiger partial charge < -0.3 is 10.6 Å². The summed E-state index contributed by atoms with van der Waals surface area (Å²) in [4.78, 5) is 12.7. The molecule has 1 aromatic rings. The largest absolute Gasteiger partial charge is 0.419 e. The van der Waals surface area contributed by atoms with E-state index < -0.39 is 29.5 Å². The molecular weight excluding hydrogens is 252 g/mol. The molecule has 0 aromatic heterocycles. The Hall–Kier alpha value is -1.63. The molecule has 0 bridgehead atoms. The van der Waals surface area contributed by atoms with Gasteiger partial charge in [0.2, 0.25) is 5.91 Å². The summed E-state index contributed by atoms with van der Waals surface area (Å²) in [5.74, 6) is -1.81. The summed E-state index contributed by atoms with van der Waals surface area (Å²) in [5.41, 5.74) is 4.11. The van der Waals surface area contributed by atoms with Crippen LogP contribution in [-0.4, -0.2) is 18.5 Å². The van der Waals surface area contributed by atoms with E-state index in [1.807, 2.05) is 0 Å². The van der Waals surface area contributed by atoms with E-state index in [1.165, 1.54) is 0 Å². The van der Waals surface area contributed by atoms with Crippen molar-refractivity contribution in [3.05, 3.63) is 29.6 Å². The molecule has 1 saturated heterocycles. The Morgan fingerprint density at radius 3 is 2.50 bits per heavy atom. The number of nitrogens with zero attached hydrogens (tertiary/aromatic N) is 1. The number of anilines is 1. The zero-order valence-corrected chi connectivity index (χ0v) is 9.17. The molecule has 1 unspecified atom stereocenters. The number of benzene rings is 1. The van der Waals surface area contributed by atoms with E-state index in [2.05, 4.69) is 0 Å². The lowest BCUT2D eigenvalue weighted by atomic mass is 10.1. The average molecular weight is 262 g/mol. The Morgan fingerprint density at radius 2 is 2.00 bits per heavy atom. The highest BCUT2D eigenvalue weighted by Crippen LogP contribution is 2.34. The molecule has 7 heteroatoms. The molecule has 1 aliphatic heterocycles. The third-order valence-corrected chi connectivity index (χ3v) is 2.81. The summed E-state index contributed by atoms with van der Waals surface area (Å²) in [6.45, 7) is 0.239. The molecule has 1 aromatic carbocycles. The molecule has 3 nitrogen and oxygen atoms in total. The fourth-order valence-corrected chi connectivity index (χ4v) is 1.86. The van der Waals surface area contributed by atoms with Crippen LogP contribution in [0.15, 0.2) is 18.2 Å². The van der Waals surface area contributed by atoms with Crippen molar-refractivity contribution >= 4 is 11.6 Å². The van der Waals surface area contributed by atoms with Gasteiger partial charge in [-0.05, 0) is 24.6 Å². The number of hydrogen-bond acceptors (Lipinski definition) is 2. The molecule has 2 rings (SSSR count). The van der Waals surface area contributed by atoms with Crippen LogP contribution in [0.1, 0.15) is 12.0 Å². The quantitative estimate of drug-likeness (QED) is 0.786. The standard InChI is InChI=1S/C11H10F4N2O/c12-8-2-1-6(5-7(8)11(13,14)15)17-4-3-9(16)10(17)18/h1-2,5,9H,3-4,16H2. The fourth-order valence-electron chi connectivity index (χ4n) is 1.86. The van der Waals surface area contributed by atoms with Crippen molar-refractivity contribution in [3.63, 3.8) is 0 Å². The first kappa shape index (κ1) is 12.8. The average Bonchev–Trinajstić information content (AvgIpc) is 2.59. The van der Waals surface area contributed by atoms with Gasteiger partial charge in [-0.3, -0.25) is 4.79 Å². The number of rotatable bonds is 1. The molecule has 1 fully saturated rings. The zero-order valence-electron chi connectivity index (χ0n) is 9.17.